The van der Waals surface area contributed by atoms with E-state index in [-0.39, 0.29) is 12.0 Å². The molecule has 2 amide bonds. The van der Waals surface area contributed by atoms with E-state index in [4.69, 9.17) is 17.3 Å². The highest BCUT2D eigenvalue weighted by Gasteiger charge is 2.35. The second-order valence-electron chi connectivity index (χ2n) is 7.95. The molecule has 0 saturated carbocycles. The molecule has 0 N–H and O–H groups in total. The van der Waals surface area contributed by atoms with E-state index in [0.717, 1.165) is 11.1 Å². The van der Waals surface area contributed by atoms with Crippen molar-refractivity contribution in [3.8, 4) is 5.75 Å². The molecule has 6 nitrogen and oxygen atoms in total. The molecule has 0 aromatic heterocycles. The summed E-state index contributed by atoms with van der Waals surface area (Å²) >= 11 is 0. The molecular formula is C19H25BN2O4. The summed E-state index contributed by atoms with van der Waals surface area (Å²) in [5.41, 5.74) is 2.09. The minimum absolute atomic E-state index is 0.0536. The summed E-state index contributed by atoms with van der Waals surface area (Å²) in [5, 5.41) is 0. The molecule has 3 rings (SSSR count). The van der Waals surface area contributed by atoms with Gasteiger partial charge in [-0.05, 0) is 33.3 Å². The smallest absolute Gasteiger partial charge is 0.410 e. The number of hydrogen-bond donors (Lipinski definition) is 0. The van der Waals surface area contributed by atoms with Crippen molar-refractivity contribution in [2.75, 3.05) is 26.2 Å². The van der Waals surface area contributed by atoms with Gasteiger partial charge < -0.3 is 19.3 Å². The van der Waals surface area contributed by atoms with Crippen LogP contribution in [-0.4, -0.2) is 67.5 Å². The summed E-state index contributed by atoms with van der Waals surface area (Å²) in [6.07, 6.45) is -0.341. The van der Waals surface area contributed by atoms with Crippen molar-refractivity contribution in [2.45, 2.75) is 45.8 Å². The van der Waals surface area contributed by atoms with Crippen LogP contribution in [0.25, 0.3) is 0 Å². The molecule has 0 bridgehead atoms. The number of benzene rings is 1. The van der Waals surface area contributed by atoms with E-state index in [2.05, 4.69) is 0 Å². The SMILES string of the molecule is [B]c1cc(C)cc2c1O[C@@H](C(=O)N1CCN(C(=O)OC(C)(C)C)CC1)C2. The zero-order valence-corrected chi connectivity index (χ0v) is 15.9. The van der Waals surface area contributed by atoms with E-state index in [1.54, 1.807) is 9.80 Å². The number of carbonyl (C=O) groups is 2. The summed E-state index contributed by atoms with van der Waals surface area (Å²) in [4.78, 5) is 28.3. The number of nitrogens with zero attached hydrogens (tertiary/aromatic N) is 2. The van der Waals surface area contributed by atoms with Crippen LogP contribution in [0.15, 0.2) is 12.1 Å². The first kappa shape index (κ1) is 18.6. The molecule has 2 heterocycles. The normalized spacial score (nSPS) is 19.8. The minimum atomic E-state index is -0.540. The molecule has 2 aliphatic heterocycles. The lowest BCUT2D eigenvalue weighted by atomic mass is 9.90. The third-order valence-corrected chi connectivity index (χ3v) is 4.52. The molecule has 1 aromatic rings. The largest absolute Gasteiger partial charge is 0.481 e. The Bertz CT molecular complexity index is 721. The molecule has 0 aliphatic carbocycles. The van der Waals surface area contributed by atoms with E-state index in [0.29, 0.717) is 43.8 Å². The first-order chi connectivity index (χ1) is 12.1. The van der Waals surface area contributed by atoms with Crippen molar-refractivity contribution < 1.29 is 19.1 Å². The zero-order chi connectivity index (χ0) is 19.1. The molecule has 7 heteroatoms. The maximum atomic E-state index is 12.8. The average molecular weight is 356 g/mol. The summed E-state index contributed by atoms with van der Waals surface area (Å²) in [7, 11) is 6.01. The quantitative estimate of drug-likeness (QED) is 0.709. The summed E-state index contributed by atoms with van der Waals surface area (Å²) in [6.45, 7) is 9.37. The van der Waals surface area contributed by atoms with Crippen LogP contribution >= 0.6 is 0 Å². The van der Waals surface area contributed by atoms with Crippen molar-refractivity contribution in [2.24, 2.45) is 0 Å². The number of hydrogen-bond acceptors (Lipinski definition) is 4. The fraction of sp³-hybridized carbons (Fsp3) is 0.579. The van der Waals surface area contributed by atoms with E-state index in [1.807, 2.05) is 39.8 Å². The molecule has 1 aromatic carbocycles. The maximum Gasteiger partial charge on any atom is 0.410 e. The van der Waals surface area contributed by atoms with Crippen LogP contribution in [0.4, 0.5) is 4.79 Å². The second-order valence-corrected chi connectivity index (χ2v) is 7.95. The second kappa shape index (κ2) is 6.85. The third-order valence-electron chi connectivity index (χ3n) is 4.52. The van der Waals surface area contributed by atoms with Crippen LogP contribution < -0.4 is 10.2 Å². The fourth-order valence-electron chi connectivity index (χ4n) is 3.33. The molecule has 138 valence electrons. The molecule has 2 radical (unpaired) electrons. The van der Waals surface area contributed by atoms with Crippen LogP contribution in [0.5, 0.6) is 5.75 Å². The van der Waals surface area contributed by atoms with Gasteiger partial charge in [0.15, 0.2) is 6.10 Å². The zero-order valence-electron chi connectivity index (χ0n) is 15.9. The minimum Gasteiger partial charge on any atom is -0.481 e. The molecule has 1 fully saturated rings. The first-order valence-corrected chi connectivity index (χ1v) is 8.96. The summed E-state index contributed by atoms with van der Waals surface area (Å²) in [6, 6.07) is 3.87. The number of rotatable bonds is 1. The third kappa shape index (κ3) is 3.97. The Kier molecular flexibility index (Phi) is 4.91. The van der Waals surface area contributed by atoms with Gasteiger partial charge in [-0.15, -0.1) is 0 Å². The maximum absolute atomic E-state index is 12.8. The van der Waals surface area contributed by atoms with Gasteiger partial charge in [-0.1, -0.05) is 23.2 Å². The monoisotopic (exact) mass is 356 g/mol. The van der Waals surface area contributed by atoms with Crippen LogP contribution in [0.3, 0.4) is 0 Å². The lowest BCUT2D eigenvalue weighted by Crippen LogP contribution is -2.54. The van der Waals surface area contributed by atoms with Crippen LogP contribution in [0, 0.1) is 6.92 Å². The summed E-state index contributed by atoms with van der Waals surface area (Å²) in [5.74, 6) is 0.573. The van der Waals surface area contributed by atoms with Gasteiger partial charge in [0.05, 0.1) is 0 Å². The van der Waals surface area contributed by atoms with E-state index >= 15 is 0 Å². The Labute approximate surface area is 155 Å². The van der Waals surface area contributed by atoms with Crippen molar-refractivity contribution in [3.63, 3.8) is 0 Å². The predicted molar refractivity (Wildman–Crippen MR) is 99.1 cm³/mol. The lowest BCUT2D eigenvalue weighted by Gasteiger charge is -2.36. The molecule has 1 atom stereocenters. The molecular weight excluding hydrogens is 331 g/mol. The Hall–Kier alpha value is -2.18. The van der Waals surface area contributed by atoms with E-state index < -0.39 is 11.7 Å². The van der Waals surface area contributed by atoms with Gasteiger partial charge in [-0.2, -0.15) is 0 Å². The van der Waals surface area contributed by atoms with Gasteiger partial charge in [0.25, 0.3) is 5.91 Å². The summed E-state index contributed by atoms with van der Waals surface area (Å²) < 4.78 is 11.2. The van der Waals surface area contributed by atoms with Gasteiger partial charge in [-0.25, -0.2) is 4.79 Å². The van der Waals surface area contributed by atoms with Gasteiger partial charge in [0.1, 0.15) is 19.2 Å². The Morgan fingerprint density at radius 1 is 1.15 bits per heavy atom. The number of ether oxygens (including phenoxy) is 2. The molecule has 26 heavy (non-hydrogen) atoms. The number of amides is 2. The topological polar surface area (TPSA) is 59.1 Å². The number of aryl methyl sites for hydroxylation is 1. The molecule has 1 saturated heterocycles. The Morgan fingerprint density at radius 2 is 1.77 bits per heavy atom. The first-order valence-electron chi connectivity index (χ1n) is 8.96. The van der Waals surface area contributed by atoms with Crippen LogP contribution in [0.2, 0.25) is 0 Å². The van der Waals surface area contributed by atoms with Crippen LogP contribution in [-0.2, 0) is 16.0 Å². The number of piperazine rings is 1. The molecule has 0 unspecified atom stereocenters. The fourth-order valence-corrected chi connectivity index (χ4v) is 3.33. The van der Waals surface area contributed by atoms with E-state index in [1.165, 1.54) is 0 Å². The number of fused-ring (bicyclic) bond motifs is 1. The van der Waals surface area contributed by atoms with Gasteiger partial charge >= 0.3 is 6.09 Å². The standard InChI is InChI=1S/C19H25BN2O4/c1-12-9-13-11-15(25-16(13)14(20)10-12)17(23)21-5-7-22(8-6-21)18(24)26-19(2,3)4/h9-10,15H,5-8,11H2,1-4H3/t15-/m1/s1. The van der Waals surface area contributed by atoms with E-state index in [9.17, 15) is 9.59 Å². The molecule has 2 aliphatic rings. The van der Waals surface area contributed by atoms with Crippen molar-refractivity contribution in [3.05, 3.63) is 23.3 Å². The van der Waals surface area contributed by atoms with Crippen LogP contribution in [0.1, 0.15) is 31.9 Å². The Balaban J connectivity index is 1.57. The highest BCUT2D eigenvalue weighted by molar-refractivity contribution is 6.34. The highest BCUT2D eigenvalue weighted by Crippen LogP contribution is 2.28. The predicted octanol–water partition coefficient (Wildman–Crippen LogP) is 1.17. The van der Waals surface area contributed by atoms with Gasteiger partial charge in [0.2, 0.25) is 0 Å². The Morgan fingerprint density at radius 3 is 2.38 bits per heavy atom. The van der Waals surface area contributed by atoms with Crippen molar-refractivity contribution in [1.82, 2.24) is 9.80 Å². The molecule has 0 spiro atoms. The van der Waals surface area contributed by atoms with Crippen molar-refractivity contribution in [1.29, 1.82) is 0 Å². The van der Waals surface area contributed by atoms with Crippen molar-refractivity contribution >= 4 is 25.3 Å². The number of carbonyl (C=O) groups excluding carboxylic acids is 2. The lowest BCUT2D eigenvalue weighted by molar-refractivity contribution is -0.139. The average Bonchev–Trinajstić information content (AvgIpc) is 2.97. The van der Waals surface area contributed by atoms with Gasteiger partial charge in [0, 0.05) is 32.6 Å². The highest BCUT2D eigenvalue weighted by atomic mass is 16.6. The van der Waals surface area contributed by atoms with Gasteiger partial charge in [-0.3, -0.25) is 4.79 Å².